The maximum absolute atomic E-state index is 12.0. The first-order valence-electron chi connectivity index (χ1n) is 7.15. The van der Waals surface area contributed by atoms with Gasteiger partial charge in [0.1, 0.15) is 0 Å². The van der Waals surface area contributed by atoms with Crippen molar-refractivity contribution < 1.29 is 19.1 Å². The molecule has 0 aliphatic heterocycles. The summed E-state index contributed by atoms with van der Waals surface area (Å²) in [6, 6.07) is 7.20. The monoisotopic (exact) mass is 293 g/mol. The van der Waals surface area contributed by atoms with Crippen molar-refractivity contribution in [3.8, 4) is 0 Å². The summed E-state index contributed by atoms with van der Waals surface area (Å²) in [5.41, 5.74) is 1.24. The molecule has 0 spiro atoms. The summed E-state index contributed by atoms with van der Waals surface area (Å²) in [6.45, 7) is 6.52. The molecule has 1 unspecified atom stereocenters. The number of esters is 2. The Bertz CT molecular complexity index is 487. The number of para-hydroxylation sites is 1. The molecule has 0 radical (unpaired) electrons. The fourth-order valence-electron chi connectivity index (χ4n) is 2.06. The second-order valence-electron chi connectivity index (χ2n) is 4.77. The van der Waals surface area contributed by atoms with Crippen molar-refractivity contribution in [1.29, 1.82) is 0 Å². The van der Waals surface area contributed by atoms with Crippen molar-refractivity contribution in [2.24, 2.45) is 5.92 Å². The number of ether oxygens (including phenoxy) is 2. The molecule has 0 saturated carbocycles. The number of hydrogen-bond donors (Lipinski definition) is 0. The molecule has 0 aromatic heterocycles. The zero-order valence-electron chi connectivity index (χ0n) is 13.1. The average Bonchev–Trinajstić information content (AvgIpc) is 2.47. The molecule has 0 saturated heterocycles. The molecule has 1 rings (SSSR count). The zero-order valence-corrected chi connectivity index (χ0v) is 13.1. The highest BCUT2D eigenvalue weighted by atomic mass is 16.5. The molecule has 5 heteroatoms. The van der Waals surface area contributed by atoms with Crippen molar-refractivity contribution in [1.82, 2.24) is 0 Å². The van der Waals surface area contributed by atoms with E-state index in [9.17, 15) is 9.59 Å². The second kappa shape index (κ2) is 8.29. The Morgan fingerprint density at radius 1 is 1.14 bits per heavy atom. The maximum atomic E-state index is 12.0. The van der Waals surface area contributed by atoms with Crippen molar-refractivity contribution in [2.75, 3.05) is 31.7 Å². The van der Waals surface area contributed by atoms with Crippen LogP contribution >= 0.6 is 0 Å². The van der Waals surface area contributed by atoms with Gasteiger partial charge in [-0.15, -0.1) is 0 Å². The van der Waals surface area contributed by atoms with E-state index in [0.29, 0.717) is 25.3 Å². The fourth-order valence-corrected chi connectivity index (χ4v) is 2.06. The van der Waals surface area contributed by atoms with Gasteiger partial charge in [0.25, 0.3) is 0 Å². The third-order valence-corrected chi connectivity index (χ3v) is 3.05. The molecule has 1 atom stereocenters. The van der Waals surface area contributed by atoms with Crippen molar-refractivity contribution in [3.63, 3.8) is 0 Å². The van der Waals surface area contributed by atoms with Crippen LogP contribution in [0.15, 0.2) is 24.3 Å². The summed E-state index contributed by atoms with van der Waals surface area (Å²) in [5.74, 6) is -0.869. The first-order chi connectivity index (χ1) is 10.0. The fraction of sp³-hybridized carbons (Fsp3) is 0.500. The number of carbonyl (C=O) groups excluding carboxylic acids is 2. The van der Waals surface area contributed by atoms with Crippen LogP contribution in [-0.4, -0.2) is 38.7 Å². The molecule has 0 aliphatic rings. The Kier molecular flexibility index (Phi) is 6.72. The van der Waals surface area contributed by atoms with Gasteiger partial charge in [-0.3, -0.25) is 4.79 Å². The van der Waals surface area contributed by atoms with Crippen LogP contribution in [0.3, 0.4) is 0 Å². The number of rotatable bonds is 7. The van der Waals surface area contributed by atoms with Crippen LogP contribution in [0.1, 0.15) is 31.1 Å². The summed E-state index contributed by atoms with van der Waals surface area (Å²) in [6.07, 6.45) is 0. The normalized spacial score (nSPS) is 11.6. The Morgan fingerprint density at radius 3 is 2.38 bits per heavy atom. The summed E-state index contributed by atoms with van der Waals surface area (Å²) in [4.78, 5) is 25.5. The van der Waals surface area contributed by atoms with E-state index in [1.54, 1.807) is 26.0 Å². The molecule has 5 nitrogen and oxygen atoms in total. The van der Waals surface area contributed by atoms with Gasteiger partial charge in [-0.25, -0.2) is 4.79 Å². The van der Waals surface area contributed by atoms with E-state index < -0.39 is 0 Å². The van der Waals surface area contributed by atoms with Crippen LogP contribution in [0.4, 0.5) is 5.69 Å². The molecule has 21 heavy (non-hydrogen) atoms. The van der Waals surface area contributed by atoms with Crippen LogP contribution in [-0.2, 0) is 14.3 Å². The van der Waals surface area contributed by atoms with E-state index in [4.69, 9.17) is 9.47 Å². The zero-order chi connectivity index (χ0) is 15.8. The number of carbonyl (C=O) groups is 2. The Balaban J connectivity index is 2.85. The summed E-state index contributed by atoms with van der Waals surface area (Å²) >= 11 is 0. The van der Waals surface area contributed by atoms with Crippen LogP contribution in [0.2, 0.25) is 0 Å². The molecule has 1 aromatic carbocycles. The lowest BCUT2D eigenvalue weighted by atomic mass is 10.1. The third kappa shape index (κ3) is 4.77. The highest BCUT2D eigenvalue weighted by Gasteiger charge is 2.20. The Labute approximate surface area is 125 Å². The van der Waals surface area contributed by atoms with Gasteiger partial charge in [0, 0.05) is 13.6 Å². The van der Waals surface area contributed by atoms with Crippen LogP contribution in [0.25, 0.3) is 0 Å². The molecule has 0 amide bonds. The minimum absolute atomic E-state index is 0.238. The first-order valence-corrected chi connectivity index (χ1v) is 7.15. The summed E-state index contributed by atoms with van der Waals surface area (Å²) in [5, 5.41) is 0. The summed E-state index contributed by atoms with van der Waals surface area (Å²) < 4.78 is 10.1. The predicted octanol–water partition coefficient (Wildman–Crippen LogP) is 2.50. The SMILES string of the molecule is CCOC(=O)c1ccccc1N(C)CC(C)C(=O)OCC. The largest absolute Gasteiger partial charge is 0.466 e. The van der Waals surface area contributed by atoms with Crippen LogP contribution < -0.4 is 4.90 Å². The van der Waals surface area contributed by atoms with E-state index in [2.05, 4.69) is 0 Å². The van der Waals surface area contributed by atoms with E-state index in [1.807, 2.05) is 31.0 Å². The molecule has 0 aliphatic carbocycles. The van der Waals surface area contributed by atoms with Gasteiger partial charge in [-0.1, -0.05) is 19.1 Å². The molecule has 1 aromatic rings. The van der Waals surface area contributed by atoms with Crippen LogP contribution in [0.5, 0.6) is 0 Å². The van der Waals surface area contributed by atoms with E-state index in [-0.39, 0.29) is 17.9 Å². The van der Waals surface area contributed by atoms with E-state index in [0.717, 1.165) is 5.69 Å². The lowest BCUT2D eigenvalue weighted by Crippen LogP contribution is -2.30. The van der Waals surface area contributed by atoms with Gasteiger partial charge in [0.15, 0.2) is 0 Å². The number of nitrogens with zero attached hydrogens (tertiary/aromatic N) is 1. The molecule has 0 N–H and O–H groups in total. The second-order valence-corrected chi connectivity index (χ2v) is 4.77. The molecule has 0 fully saturated rings. The minimum Gasteiger partial charge on any atom is -0.466 e. The van der Waals surface area contributed by atoms with Gasteiger partial charge in [0.05, 0.1) is 30.4 Å². The summed E-state index contributed by atoms with van der Waals surface area (Å²) in [7, 11) is 1.84. The topological polar surface area (TPSA) is 55.8 Å². The van der Waals surface area contributed by atoms with Crippen molar-refractivity contribution in [3.05, 3.63) is 29.8 Å². The maximum Gasteiger partial charge on any atom is 0.340 e. The predicted molar refractivity (Wildman–Crippen MR) is 81.5 cm³/mol. The molecule has 116 valence electrons. The lowest BCUT2D eigenvalue weighted by molar-refractivity contribution is -0.147. The third-order valence-electron chi connectivity index (χ3n) is 3.05. The molecular formula is C16H23NO4. The Morgan fingerprint density at radius 2 is 1.76 bits per heavy atom. The van der Waals surface area contributed by atoms with Crippen molar-refractivity contribution >= 4 is 17.6 Å². The minimum atomic E-state index is -0.358. The van der Waals surface area contributed by atoms with Crippen molar-refractivity contribution in [2.45, 2.75) is 20.8 Å². The molecule has 0 heterocycles. The number of benzene rings is 1. The van der Waals surface area contributed by atoms with E-state index >= 15 is 0 Å². The van der Waals surface area contributed by atoms with Gasteiger partial charge < -0.3 is 14.4 Å². The standard InChI is InChI=1S/C16H23NO4/c1-5-20-15(18)12(3)11-17(4)14-10-8-7-9-13(14)16(19)21-6-2/h7-10,12H,5-6,11H2,1-4H3. The van der Waals surface area contributed by atoms with Gasteiger partial charge in [-0.2, -0.15) is 0 Å². The average molecular weight is 293 g/mol. The van der Waals surface area contributed by atoms with Gasteiger partial charge in [0.2, 0.25) is 0 Å². The smallest absolute Gasteiger partial charge is 0.340 e. The highest BCUT2D eigenvalue weighted by Crippen LogP contribution is 2.21. The van der Waals surface area contributed by atoms with Gasteiger partial charge in [-0.05, 0) is 26.0 Å². The number of hydrogen-bond acceptors (Lipinski definition) is 5. The quantitative estimate of drug-likeness (QED) is 0.723. The molecule has 0 bridgehead atoms. The Hall–Kier alpha value is -2.04. The lowest BCUT2D eigenvalue weighted by Gasteiger charge is -2.24. The number of anilines is 1. The molecular weight excluding hydrogens is 270 g/mol. The highest BCUT2D eigenvalue weighted by molar-refractivity contribution is 5.95. The van der Waals surface area contributed by atoms with Gasteiger partial charge >= 0.3 is 11.9 Å². The van der Waals surface area contributed by atoms with Crippen LogP contribution in [0, 0.1) is 5.92 Å². The first kappa shape index (κ1) is 17.0. The van der Waals surface area contributed by atoms with E-state index in [1.165, 1.54) is 0 Å².